The van der Waals surface area contributed by atoms with Crippen LogP contribution in [0.2, 0.25) is 0 Å². The smallest absolute Gasteiger partial charge is 0.155 e. The summed E-state index contributed by atoms with van der Waals surface area (Å²) in [4.78, 5) is 12.1. The molecule has 3 fully saturated rings. The summed E-state index contributed by atoms with van der Waals surface area (Å²) in [6, 6.07) is 0. The number of carbonyl (C=O) groups excluding carboxylic acids is 1. The van der Waals surface area contributed by atoms with E-state index in [0.29, 0.717) is 35.9 Å². The molecular formula is C23H32O2. The van der Waals surface area contributed by atoms with Crippen molar-refractivity contribution in [3.63, 3.8) is 0 Å². The number of hydrogen-bond acceptors (Lipinski definition) is 2. The lowest BCUT2D eigenvalue weighted by molar-refractivity contribution is -0.119. The zero-order chi connectivity index (χ0) is 17.8. The van der Waals surface area contributed by atoms with Crippen LogP contribution in [0, 0.1) is 34.5 Å². The number of aliphatic hydroxyl groups is 1. The van der Waals surface area contributed by atoms with Crippen LogP contribution in [-0.4, -0.2) is 17.0 Å². The fraction of sp³-hybridized carbons (Fsp3) is 0.696. The normalized spacial score (nSPS) is 49.3. The molecule has 0 spiro atoms. The summed E-state index contributed by atoms with van der Waals surface area (Å²) in [5.41, 5.74) is 1.67. The lowest BCUT2D eigenvalue weighted by Crippen LogP contribution is -2.54. The Morgan fingerprint density at radius 2 is 2.00 bits per heavy atom. The van der Waals surface area contributed by atoms with Crippen molar-refractivity contribution in [1.82, 2.24) is 0 Å². The molecular weight excluding hydrogens is 308 g/mol. The number of allylic oxidation sites excluding steroid dienone is 4. The summed E-state index contributed by atoms with van der Waals surface area (Å²) >= 11 is 0. The molecule has 0 heterocycles. The van der Waals surface area contributed by atoms with Crippen molar-refractivity contribution >= 4 is 5.78 Å². The monoisotopic (exact) mass is 340 g/mol. The second-order valence-corrected chi connectivity index (χ2v) is 9.47. The van der Waals surface area contributed by atoms with E-state index in [-0.39, 0.29) is 16.9 Å². The molecule has 0 aromatic rings. The van der Waals surface area contributed by atoms with Gasteiger partial charge in [-0.25, -0.2) is 0 Å². The van der Waals surface area contributed by atoms with Crippen molar-refractivity contribution in [3.05, 3.63) is 36.5 Å². The van der Waals surface area contributed by atoms with Gasteiger partial charge in [-0.3, -0.25) is 4.79 Å². The van der Waals surface area contributed by atoms with Crippen LogP contribution in [0.4, 0.5) is 0 Å². The number of rotatable bonds is 2. The molecule has 3 saturated carbocycles. The molecule has 1 N–H and O–H groups in total. The highest BCUT2D eigenvalue weighted by molar-refractivity contribution is 5.91. The third-order valence-corrected chi connectivity index (χ3v) is 8.50. The highest BCUT2D eigenvalue weighted by Crippen LogP contribution is 2.66. The topological polar surface area (TPSA) is 37.3 Å². The molecule has 4 aliphatic carbocycles. The van der Waals surface area contributed by atoms with E-state index in [1.807, 2.05) is 12.2 Å². The van der Waals surface area contributed by atoms with Crippen LogP contribution in [0.3, 0.4) is 0 Å². The van der Waals surface area contributed by atoms with E-state index in [4.69, 9.17) is 0 Å². The van der Waals surface area contributed by atoms with Crippen molar-refractivity contribution < 1.29 is 9.90 Å². The lowest BCUT2D eigenvalue weighted by Gasteiger charge is -2.59. The first-order chi connectivity index (χ1) is 11.9. The Balaban J connectivity index is 1.77. The van der Waals surface area contributed by atoms with E-state index in [1.54, 1.807) is 0 Å². The Labute approximate surface area is 152 Å². The molecule has 2 heteroatoms. The Bertz CT molecular complexity index is 644. The van der Waals surface area contributed by atoms with Gasteiger partial charge in [-0.05, 0) is 79.1 Å². The average molecular weight is 341 g/mol. The van der Waals surface area contributed by atoms with Gasteiger partial charge in [-0.2, -0.15) is 0 Å². The Morgan fingerprint density at radius 1 is 1.20 bits per heavy atom. The van der Waals surface area contributed by atoms with Crippen molar-refractivity contribution in [2.75, 3.05) is 0 Å². The Kier molecular flexibility index (Phi) is 4.11. The number of hydrogen-bond donors (Lipinski definition) is 1. The van der Waals surface area contributed by atoms with Gasteiger partial charge in [0.05, 0.1) is 6.10 Å². The first-order valence-corrected chi connectivity index (χ1v) is 10.1. The third kappa shape index (κ3) is 2.44. The molecule has 7 atom stereocenters. The summed E-state index contributed by atoms with van der Waals surface area (Å²) in [5.74, 6) is 2.67. The van der Waals surface area contributed by atoms with Crippen molar-refractivity contribution in [3.8, 4) is 0 Å². The van der Waals surface area contributed by atoms with Crippen LogP contribution in [0.1, 0.15) is 58.8 Å². The molecule has 0 unspecified atom stereocenters. The van der Waals surface area contributed by atoms with Gasteiger partial charge >= 0.3 is 0 Å². The van der Waals surface area contributed by atoms with Gasteiger partial charge in [0.2, 0.25) is 0 Å². The van der Waals surface area contributed by atoms with Crippen LogP contribution in [0.25, 0.3) is 0 Å². The van der Waals surface area contributed by atoms with Crippen molar-refractivity contribution in [2.45, 2.75) is 64.9 Å². The maximum Gasteiger partial charge on any atom is 0.155 e. The minimum Gasteiger partial charge on any atom is -0.393 e. The SMILES string of the molecule is C=C/C=C/[C@@H]1CC2=CC(=O)CC[C@]2(C)[C@H]2CC[C@]3(C)[C@@H](O)CC[C@H]3[C@H]12. The van der Waals surface area contributed by atoms with Gasteiger partial charge in [-0.15, -0.1) is 0 Å². The largest absolute Gasteiger partial charge is 0.393 e. The summed E-state index contributed by atoms with van der Waals surface area (Å²) in [5, 5.41) is 10.7. The van der Waals surface area contributed by atoms with Crippen LogP contribution in [0.5, 0.6) is 0 Å². The third-order valence-electron chi connectivity index (χ3n) is 8.50. The van der Waals surface area contributed by atoms with E-state index in [2.05, 4.69) is 32.6 Å². The molecule has 25 heavy (non-hydrogen) atoms. The van der Waals surface area contributed by atoms with E-state index in [0.717, 1.165) is 32.1 Å². The summed E-state index contributed by atoms with van der Waals surface area (Å²) in [6.45, 7) is 8.61. The van der Waals surface area contributed by atoms with E-state index < -0.39 is 0 Å². The van der Waals surface area contributed by atoms with Crippen molar-refractivity contribution in [2.24, 2.45) is 34.5 Å². The molecule has 4 rings (SSSR count). The quantitative estimate of drug-likeness (QED) is 0.730. The molecule has 4 aliphatic rings. The van der Waals surface area contributed by atoms with Gasteiger partial charge in [0.1, 0.15) is 0 Å². The molecule has 0 aliphatic heterocycles. The first-order valence-electron chi connectivity index (χ1n) is 10.1. The number of ketones is 1. The fourth-order valence-corrected chi connectivity index (χ4v) is 7.01. The van der Waals surface area contributed by atoms with Crippen LogP contribution >= 0.6 is 0 Å². The van der Waals surface area contributed by atoms with Gasteiger partial charge in [0.25, 0.3) is 0 Å². The standard InChI is InChI=1S/C23H32O2/c1-4-5-6-15-13-16-14-17(24)9-11-22(16,2)19-10-12-23(3)18(21(15)19)7-8-20(23)25/h4-6,14-15,18-21,25H,1,7-13H2,2-3H3/b6-5+/t15-,18+,19+,20+,21+,22+,23+/m1/s1. The molecule has 136 valence electrons. The predicted octanol–water partition coefficient (Wildman–Crippen LogP) is 4.85. The van der Waals surface area contributed by atoms with Crippen molar-refractivity contribution in [1.29, 1.82) is 0 Å². The maximum absolute atomic E-state index is 12.1. The molecule has 2 nitrogen and oxygen atoms in total. The summed E-state index contributed by atoms with van der Waals surface area (Å²) in [7, 11) is 0. The minimum atomic E-state index is -0.139. The number of carbonyl (C=O) groups is 1. The number of aliphatic hydroxyl groups excluding tert-OH is 1. The molecule has 0 bridgehead atoms. The summed E-state index contributed by atoms with van der Waals surface area (Å²) < 4.78 is 0. The second kappa shape index (κ2) is 5.94. The van der Waals surface area contributed by atoms with Gasteiger partial charge < -0.3 is 5.11 Å². The van der Waals surface area contributed by atoms with Gasteiger partial charge in [-0.1, -0.05) is 44.2 Å². The molecule has 0 radical (unpaired) electrons. The number of fused-ring (bicyclic) bond motifs is 5. The zero-order valence-electron chi connectivity index (χ0n) is 15.7. The highest BCUT2D eigenvalue weighted by Gasteiger charge is 2.60. The van der Waals surface area contributed by atoms with E-state index in [9.17, 15) is 9.90 Å². The fourth-order valence-electron chi connectivity index (χ4n) is 7.01. The zero-order valence-corrected chi connectivity index (χ0v) is 15.7. The van der Waals surface area contributed by atoms with Crippen LogP contribution in [0.15, 0.2) is 36.5 Å². The highest BCUT2D eigenvalue weighted by atomic mass is 16.3. The second-order valence-electron chi connectivity index (χ2n) is 9.47. The molecule has 0 saturated heterocycles. The Hall–Kier alpha value is -1.15. The molecule has 0 aromatic carbocycles. The van der Waals surface area contributed by atoms with Gasteiger partial charge in [0.15, 0.2) is 5.78 Å². The van der Waals surface area contributed by atoms with E-state index in [1.165, 1.54) is 12.0 Å². The minimum absolute atomic E-state index is 0.0868. The average Bonchev–Trinajstić information content (AvgIpc) is 2.89. The molecule has 0 amide bonds. The molecule has 0 aromatic heterocycles. The maximum atomic E-state index is 12.1. The summed E-state index contributed by atoms with van der Waals surface area (Å²) in [6.07, 6.45) is 15.3. The van der Waals surface area contributed by atoms with Crippen LogP contribution in [-0.2, 0) is 4.79 Å². The Morgan fingerprint density at radius 3 is 2.76 bits per heavy atom. The predicted molar refractivity (Wildman–Crippen MR) is 101 cm³/mol. The first kappa shape index (κ1) is 17.3. The lowest BCUT2D eigenvalue weighted by atomic mass is 9.45. The van der Waals surface area contributed by atoms with Crippen LogP contribution < -0.4 is 0 Å². The van der Waals surface area contributed by atoms with Gasteiger partial charge in [0, 0.05) is 6.42 Å². The van der Waals surface area contributed by atoms with E-state index >= 15 is 0 Å².